The summed E-state index contributed by atoms with van der Waals surface area (Å²) in [7, 11) is 0. The van der Waals surface area contributed by atoms with Crippen LogP contribution < -0.4 is 0 Å². The normalized spacial score (nSPS) is 10.6. The van der Waals surface area contributed by atoms with E-state index in [2.05, 4.69) is 6.92 Å². The lowest BCUT2D eigenvalue weighted by Crippen LogP contribution is -1.86. The first-order valence-corrected chi connectivity index (χ1v) is 4.22. The van der Waals surface area contributed by atoms with E-state index in [0.717, 1.165) is 13.0 Å². The Hall–Kier alpha value is -0.170. The van der Waals surface area contributed by atoms with Crippen molar-refractivity contribution < 1.29 is 4.74 Å². The van der Waals surface area contributed by atoms with Gasteiger partial charge in [-0.15, -0.1) is 0 Å². The summed E-state index contributed by atoms with van der Waals surface area (Å²) in [6.45, 7) is 2.99. The summed E-state index contributed by atoms with van der Waals surface area (Å²) in [6, 6.07) is 0. The van der Waals surface area contributed by atoms with Crippen LogP contribution in [0.5, 0.6) is 0 Å². The van der Waals surface area contributed by atoms with Crippen LogP contribution in [0.2, 0.25) is 0 Å². The topological polar surface area (TPSA) is 9.23 Å². The van der Waals surface area contributed by atoms with E-state index >= 15 is 0 Å². The standard InChI is InChI=1S/C8H15ClO/c1-2-3-4-5-7-10-8-6-9/h6,8H,2-5,7H2,1H3. The second kappa shape index (κ2) is 8.83. The third-order valence-electron chi connectivity index (χ3n) is 1.26. The molecule has 60 valence electrons. The highest BCUT2D eigenvalue weighted by molar-refractivity contribution is 6.25. The van der Waals surface area contributed by atoms with Crippen molar-refractivity contribution in [3.8, 4) is 0 Å². The van der Waals surface area contributed by atoms with Crippen LogP contribution >= 0.6 is 11.6 Å². The number of hydrogen-bond acceptors (Lipinski definition) is 1. The summed E-state index contributed by atoms with van der Waals surface area (Å²) >= 11 is 5.24. The van der Waals surface area contributed by atoms with E-state index < -0.39 is 0 Å². The highest BCUT2D eigenvalue weighted by Gasteiger charge is 1.84. The molecule has 0 amide bonds. The van der Waals surface area contributed by atoms with Crippen molar-refractivity contribution in [3.63, 3.8) is 0 Å². The zero-order chi connectivity index (χ0) is 7.66. The first-order valence-electron chi connectivity index (χ1n) is 3.78. The maximum absolute atomic E-state index is 5.24. The zero-order valence-electron chi connectivity index (χ0n) is 6.48. The fraction of sp³-hybridized carbons (Fsp3) is 0.750. The molecular weight excluding hydrogens is 148 g/mol. The summed E-state index contributed by atoms with van der Waals surface area (Å²) in [5, 5.41) is 0. The number of hydrogen-bond donors (Lipinski definition) is 0. The van der Waals surface area contributed by atoms with E-state index in [0.29, 0.717) is 0 Å². The van der Waals surface area contributed by atoms with Gasteiger partial charge in [-0.2, -0.15) is 0 Å². The molecule has 0 aromatic carbocycles. The monoisotopic (exact) mass is 162 g/mol. The molecule has 0 aromatic rings. The Balaban J connectivity index is 2.77. The van der Waals surface area contributed by atoms with Gasteiger partial charge in [0.25, 0.3) is 0 Å². The molecule has 0 saturated carbocycles. The van der Waals surface area contributed by atoms with Crippen LogP contribution in [0.4, 0.5) is 0 Å². The van der Waals surface area contributed by atoms with E-state index in [1.54, 1.807) is 0 Å². The minimum atomic E-state index is 0.795. The maximum Gasteiger partial charge on any atom is 0.0941 e. The molecule has 0 heterocycles. The fourth-order valence-electron chi connectivity index (χ4n) is 0.717. The molecule has 0 spiro atoms. The molecule has 10 heavy (non-hydrogen) atoms. The molecule has 0 N–H and O–H groups in total. The van der Waals surface area contributed by atoms with Crippen LogP contribution in [-0.4, -0.2) is 6.61 Å². The van der Waals surface area contributed by atoms with Crippen molar-refractivity contribution in [2.24, 2.45) is 0 Å². The van der Waals surface area contributed by atoms with Gasteiger partial charge in [-0.25, -0.2) is 0 Å². The van der Waals surface area contributed by atoms with Crippen molar-refractivity contribution in [3.05, 3.63) is 11.8 Å². The van der Waals surface area contributed by atoms with Crippen LogP contribution in [0.1, 0.15) is 32.6 Å². The fourth-order valence-corrected chi connectivity index (χ4v) is 0.789. The van der Waals surface area contributed by atoms with Gasteiger partial charge in [0.15, 0.2) is 0 Å². The quantitative estimate of drug-likeness (QED) is 0.430. The Morgan fingerprint density at radius 2 is 2.10 bits per heavy atom. The summed E-state index contributed by atoms with van der Waals surface area (Å²) in [4.78, 5) is 0. The number of halogens is 1. The molecule has 0 aliphatic heterocycles. The third kappa shape index (κ3) is 7.83. The van der Waals surface area contributed by atoms with E-state index in [-0.39, 0.29) is 0 Å². The van der Waals surface area contributed by atoms with Crippen molar-refractivity contribution in [1.29, 1.82) is 0 Å². The molecule has 0 aliphatic rings. The van der Waals surface area contributed by atoms with Gasteiger partial charge in [-0.3, -0.25) is 0 Å². The van der Waals surface area contributed by atoms with Crippen LogP contribution in [-0.2, 0) is 4.74 Å². The third-order valence-corrected chi connectivity index (χ3v) is 1.37. The molecule has 0 unspecified atom stereocenters. The summed E-state index contributed by atoms with van der Waals surface area (Å²) in [5.74, 6) is 0. The van der Waals surface area contributed by atoms with Crippen molar-refractivity contribution in [2.45, 2.75) is 32.6 Å². The first-order chi connectivity index (χ1) is 4.91. The van der Waals surface area contributed by atoms with Crippen LogP contribution in [0.3, 0.4) is 0 Å². The summed E-state index contributed by atoms with van der Waals surface area (Å²) in [5.41, 5.74) is 1.39. The highest BCUT2D eigenvalue weighted by atomic mass is 35.5. The van der Waals surface area contributed by atoms with E-state index in [1.807, 2.05) is 0 Å². The molecule has 0 saturated heterocycles. The van der Waals surface area contributed by atoms with E-state index in [1.165, 1.54) is 31.1 Å². The van der Waals surface area contributed by atoms with Gasteiger partial charge in [0, 0.05) is 5.54 Å². The van der Waals surface area contributed by atoms with Crippen molar-refractivity contribution in [1.82, 2.24) is 0 Å². The predicted molar refractivity (Wildman–Crippen MR) is 45.1 cm³/mol. The number of rotatable bonds is 6. The first kappa shape index (κ1) is 9.83. The molecule has 0 fully saturated rings. The second-order valence-electron chi connectivity index (χ2n) is 2.19. The lowest BCUT2D eigenvalue weighted by molar-refractivity contribution is 0.241. The molecule has 0 rings (SSSR count). The molecule has 0 aliphatic carbocycles. The Morgan fingerprint density at radius 3 is 2.70 bits per heavy atom. The molecule has 0 radical (unpaired) electrons. The molecular formula is C8H15ClO. The zero-order valence-corrected chi connectivity index (χ0v) is 7.23. The molecule has 0 atom stereocenters. The van der Waals surface area contributed by atoms with Crippen LogP contribution in [0.15, 0.2) is 11.8 Å². The molecule has 2 heteroatoms. The van der Waals surface area contributed by atoms with Crippen molar-refractivity contribution in [2.75, 3.05) is 6.61 Å². The summed E-state index contributed by atoms with van der Waals surface area (Å²) in [6.07, 6.45) is 6.48. The largest absolute Gasteiger partial charge is 0.500 e. The van der Waals surface area contributed by atoms with Gasteiger partial charge in [0.1, 0.15) is 0 Å². The van der Waals surface area contributed by atoms with Crippen LogP contribution in [0, 0.1) is 0 Å². The van der Waals surface area contributed by atoms with Gasteiger partial charge in [0.05, 0.1) is 12.9 Å². The second-order valence-corrected chi connectivity index (χ2v) is 2.45. The van der Waals surface area contributed by atoms with Gasteiger partial charge >= 0.3 is 0 Å². The Morgan fingerprint density at radius 1 is 1.30 bits per heavy atom. The van der Waals surface area contributed by atoms with Gasteiger partial charge < -0.3 is 4.74 Å². The molecule has 0 bridgehead atoms. The Bertz CT molecular complexity index is 81.3. The summed E-state index contributed by atoms with van der Waals surface area (Å²) < 4.78 is 5.02. The smallest absolute Gasteiger partial charge is 0.0941 e. The van der Waals surface area contributed by atoms with Gasteiger partial charge in [-0.05, 0) is 6.42 Å². The average molecular weight is 163 g/mol. The van der Waals surface area contributed by atoms with Crippen molar-refractivity contribution >= 4 is 11.6 Å². The molecule has 1 nitrogen and oxygen atoms in total. The minimum Gasteiger partial charge on any atom is -0.500 e. The predicted octanol–water partition coefficient (Wildman–Crippen LogP) is 3.29. The van der Waals surface area contributed by atoms with Crippen LogP contribution in [0.25, 0.3) is 0 Å². The van der Waals surface area contributed by atoms with E-state index in [9.17, 15) is 0 Å². The Labute approximate surface area is 68.0 Å². The number of unbranched alkanes of at least 4 members (excludes halogenated alkanes) is 3. The molecule has 0 aromatic heterocycles. The maximum atomic E-state index is 5.24. The average Bonchev–Trinajstić information content (AvgIpc) is 1.97. The lowest BCUT2D eigenvalue weighted by Gasteiger charge is -1.98. The lowest BCUT2D eigenvalue weighted by atomic mass is 10.2. The number of ether oxygens (including phenoxy) is 1. The minimum absolute atomic E-state index is 0.795. The SMILES string of the molecule is CCCCCCOC=CCl. The highest BCUT2D eigenvalue weighted by Crippen LogP contribution is 1.98. The van der Waals surface area contributed by atoms with Gasteiger partial charge in [0.2, 0.25) is 0 Å². The Kier molecular flexibility index (Phi) is 8.68. The van der Waals surface area contributed by atoms with E-state index in [4.69, 9.17) is 16.3 Å². The van der Waals surface area contributed by atoms with Gasteiger partial charge in [-0.1, -0.05) is 37.8 Å².